The lowest BCUT2D eigenvalue weighted by Gasteiger charge is -2.38. The van der Waals surface area contributed by atoms with Crippen LogP contribution in [0, 0.1) is 5.92 Å². The van der Waals surface area contributed by atoms with E-state index in [2.05, 4.69) is 21.3 Å². The molecule has 6 amide bonds. The van der Waals surface area contributed by atoms with Crippen molar-refractivity contribution in [3.63, 3.8) is 0 Å². The molecular formula is C29H48N6O9. The number of likely N-dealkylation sites (tertiary alicyclic amines) is 2. The van der Waals surface area contributed by atoms with Crippen LogP contribution < -0.4 is 21.3 Å². The van der Waals surface area contributed by atoms with E-state index in [1.54, 1.807) is 18.7 Å². The van der Waals surface area contributed by atoms with Gasteiger partial charge in [-0.05, 0) is 50.9 Å². The summed E-state index contributed by atoms with van der Waals surface area (Å²) in [4.78, 5) is 92.2. The van der Waals surface area contributed by atoms with Crippen molar-refractivity contribution in [2.24, 2.45) is 5.92 Å². The van der Waals surface area contributed by atoms with E-state index in [0.29, 0.717) is 38.8 Å². The van der Waals surface area contributed by atoms with Gasteiger partial charge < -0.3 is 41.3 Å². The summed E-state index contributed by atoms with van der Waals surface area (Å²) in [7, 11) is 0. The van der Waals surface area contributed by atoms with Crippen LogP contribution in [0.4, 0.5) is 4.79 Å². The van der Waals surface area contributed by atoms with Gasteiger partial charge in [0, 0.05) is 25.7 Å². The molecule has 0 bridgehead atoms. The molecule has 0 spiro atoms. The molecule has 15 nitrogen and oxygen atoms in total. The molecule has 0 unspecified atom stereocenters. The Morgan fingerprint density at radius 3 is 2.00 bits per heavy atom. The molecule has 4 atom stereocenters. The molecule has 2 heterocycles. The Balaban J connectivity index is 2.30. The Labute approximate surface area is 257 Å². The van der Waals surface area contributed by atoms with Gasteiger partial charge in [0.05, 0.1) is 12.8 Å². The summed E-state index contributed by atoms with van der Waals surface area (Å²) in [6.45, 7) is 8.46. The van der Waals surface area contributed by atoms with E-state index in [1.807, 2.05) is 13.8 Å². The minimum absolute atomic E-state index is 0.0727. The van der Waals surface area contributed by atoms with Crippen LogP contribution in [0.15, 0.2) is 0 Å². The van der Waals surface area contributed by atoms with Crippen molar-refractivity contribution in [3.8, 4) is 0 Å². The third-order valence-electron chi connectivity index (χ3n) is 7.94. The van der Waals surface area contributed by atoms with Gasteiger partial charge in [-0.3, -0.25) is 24.0 Å². The first-order chi connectivity index (χ1) is 20.8. The van der Waals surface area contributed by atoms with Crippen molar-refractivity contribution in [1.29, 1.82) is 0 Å². The molecule has 2 saturated heterocycles. The highest BCUT2D eigenvalue weighted by molar-refractivity contribution is 5.98. The Bertz CT molecular complexity index is 1060. The molecule has 15 heteroatoms. The lowest BCUT2D eigenvalue weighted by atomic mass is 9.99. The molecule has 0 aliphatic carbocycles. The van der Waals surface area contributed by atoms with Crippen molar-refractivity contribution in [2.75, 3.05) is 19.6 Å². The van der Waals surface area contributed by atoms with Crippen molar-refractivity contribution in [1.82, 2.24) is 31.1 Å². The van der Waals surface area contributed by atoms with Gasteiger partial charge in [-0.25, -0.2) is 9.59 Å². The molecule has 0 aromatic rings. The van der Waals surface area contributed by atoms with Gasteiger partial charge in [0.25, 0.3) is 0 Å². The van der Waals surface area contributed by atoms with Crippen LogP contribution in [-0.4, -0.2) is 111 Å². The van der Waals surface area contributed by atoms with E-state index in [-0.39, 0.29) is 30.8 Å². The van der Waals surface area contributed by atoms with Crippen molar-refractivity contribution < 1.29 is 43.8 Å². The largest absolute Gasteiger partial charge is 0.481 e. The number of carboxylic acids is 2. The van der Waals surface area contributed by atoms with Gasteiger partial charge in [0.1, 0.15) is 24.2 Å². The molecular weight excluding hydrogens is 576 g/mol. The number of hydrogen-bond acceptors (Lipinski definition) is 7. The highest BCUT2D eigenvalue weighted by atomic mass is 16.4. The molecule has 0 saturated carbocycles. The number of piperidine rings is 1. The van der Waals surface area contributed by atoms with E-state index in [4.69, 9.17) is 0 Å². The SMILES string of the molecule is CCC(CC)NC(=O)N[C@@H]1CCCN([C@@H](CC(=O)N2CCCC2)C(=O)N[C@@H](CC(=O)O)C(=O)N[C@@H](CC(C)C)C(=O)O)C1=O. The number of nitrogens with one attached hydrogen (secondary N) is 4. The molecule has 2 aliphatic heterocycles. The number of carboxylic acid groups (broad SMARTS) is 2. The van der Waals surface area contributed by atoms with Crippen LogP contribution >= 0.6 is 0 Å². The normalized spacial score (nSPS) is 18.9. The summed E-state index contributed by atoms with van der Waals surface area (Å²) >= 11 is 0. The third kappa shape index (κ3) is 11.0. The number of rotatable bonds is 16. The molecule has 0 aromatic carbocycles. The molecule has 6 N–H and O–H groups in total. The molecule has 248 valence electrons. The fourth-order valence-corrected chi connectivity index (χ4v) is 5.44. The number of carbonyl (C=O) groups is 7. The number of urea groups is 1. The fraction of sp³-hybridized carbons (Fsp3) is 0.759. The zero-order valence-electron chi connectivity index (χ0n) is 26.1. The van der Waals surface area contributed by atoms with Gasteiger partial charge in [-0.2, -0.15) is 0 Å². The summed E-state index contributed by atoms with van der Waals surface area (Å²) in [6, 6.07) is -5.94. The minimum Gasteiger partial charge on any atom is -0.481 e. The van der Waals surface area contributed by atoms with Crippen LogP contribution in [-0.2, 0) is 28.8 Å². The van der Waals surface area contributed by atoms with Crippen LogP contribution in [0.2, 0.25) is 0 Å². The average molecular weight is 625 g/mol. The second-order valence-electron chi connectivity index (χ2n) is 11.9. The van der Waals surface area contributed by atoms with Gasteiger partial charge in [0.15, 0.2) is 0 Å². The first-order valence-corrected chi connectivity index (χ1v) is 15.5. The smallest absolute Gasteiger partial charge is 0.326 e. The van der Waals surface area contributed by atoms with Crippen LogP contribution in [0.1, 0.15) is 85.5 Å². The molecule has 2 fully saturated rings. The van der Waals surface area contributed by atoms with E-state index >= 15 is 0 Å². The van der Waals surface area contributed by atoms with Gasteiger partial charge >= 0.3 is 18.0 Å². The van der Waals surface area contributed by atoms with E-state index in [0.717, 1.165) is 12.8 Å². The molecule has 0 radical (unpaired) electrons. The lowest BCUT2D eigenvalue weighted by molar-refractivity contribution is -0.149. The van der Waals surface area contributed by atoms with Gasteiger partial charge in [-0.15, -0.1) is 0 Å². The minimum atomic E-state index is -1.67. The Morgan fingerprint density at radius 1 is 0.841 bits per heavy atom. The molecule has 0 aromatic heterocycles. The molecule has 2 aliphatic rings. The third-order valence-corrected chi connectivity index (χ3v) is 7.94. The van der Waals surface area contributed by atoms with Crippen molar-refractivity contribution in [2.45, 2.75) is 116 Å². The van der Waals surface area contributed by atoms with E-state index in [1.165, 1.54) is 4.90 Å². The maximum absolute atomic E-state index is 13.7. The van der Waals surface area contributed by atoms with Crippen LogP contribution in [0.5, 0.6) is 0 Å². The average Bonchev–Trinajstić information content (AvgIpc) is 3.50. The van der Waals surface area contributed by atoms with Crippen molar-refractivity contribution in [3.05, 3.63) is 0 Å². The highest BCUT2D eigenvalue weighted by Crippen LogP contribution is 2.20. The summed E-state index contributed by atoms with van der Waals surface area (Å²) < 4.78 is 0. The standard InChI is InChI=1S/C29H48N6O9/c1-5-18(6-2)30-29(44)33-19-10-9-13-35(27(19)41)22(16-23(36)34-11-7-8-12-34)26(40)31-20(15-24(37)38)25(39)32-21(28(42)43)14-17(3)4/h17-22H,5-16H2,1-4H3,(H,31,40)(H,32,39)(H,37,38)(H,42,43)(H2,30,33,44)/t19-,20+,21+,22+/m1/s1. The Kier molecular flexibility index (Phi) is 14.3. The van der Waals surface area contributed by atoms with Crippen molar-refractivity contribution >= 4 is 41.6 Å². The first kappa shape index (κ1) is 36.3. The van der Waals surface area contributed by atoms with Crippen LogP contribution in [0.3, 0.4) is 0 Å². The quantitative estimate of drug-likeness (QED) is 0.140. The zero-order valence-corrected chi connectivity index (χ0v) is 26.1. The topological polar surface area (TPSA) is 215 Å². The number of aliphatic carboxylic acids is 2. The monoisotopic (exact) mass is 624 g/mol. The first-order valence-electron chi connectivity index (χ1n) is 15.5. The fourth-order valence-electron chi connectivity index (χ4n) is 5.44. The predicted molar refractivity (Wildman–Crippen MR) is 158 cm³/mol. The summed E-state index contributed by atoms with van der Waals surface area (Å²) in [5.41, 5.74) is 0. The maximum atomic E-state index is 13.7. The second-order valence-corrected chi connectivity index (χ2v) is 11.9. The highest BCUT2D eigenvalue weighted by Gasteiger charge is 2.41. The van der Waals surface area contributed by atoms with E-state index < -0.39 is 72.7 Å². The van der Waals surface area contributed by atoms with Gasteiger partial charge in [-0.1, -0.05) is 27.7 Å². The maximum Gasteiger partial charge on any atom is 0.326 e. The summed E-state index contributed by atoms with van der Waals surface area (Å²) in [5, 5.41) is 29.1. The number of hydrogen-bond donors (Lipinski definition) is 6. The summed E-state index contributed by atoms with van der Waals surface area (Å²) in [6.07, 6.45) is 2.54. The molecule has 44 heavy (non-hydrogen) atoms. The molecule has 2 rings (SSSR count). The summed E-state index contributed by atoms with van der Waals surface area (Å²) in [5.74, 6) is -5.73. The van der Waals surface area contributed by atoms with Crippen LogP contribution in [0.25, 0.3) is 0 Å². The Morgan fingerprint density at radius 2 is 1.45 bits per heavy atom. The lowest BCUT2D eigenvalue weighted by Crippen LogP contribution is -2.62. The van der Waals surface area contributed by atoms with E-state index in [9.17, 15) is 43.8 Å². The number of nitrogens with zero attached hydrogens (tertiary/aromatic N) is 2. The zero-order chi connectivity index (χ0) is 33.0. The number of carbonyl (C=O) groups excluding carboxylic acids is 5. The predicted octanol–water partition coefficient (Wildman–Crippen LogP) is 0.421. The number of amides is 6. The van der Waals surface area contributed by atoms with Gasteiger partial charge in [0.2, 0.25) is 23.6 Å². The second kappa shape index (κ2) is 17.4. The Hall–Kier alpha value is -3.91.